The van der Waals surface area contributed by atoms with Gasteiger partial charge in [-0.15, -0.1) is 0 Å². The van der Waals surface area contributed by atoms with Crippen LogP contribution in [-0.4, -0.2) is 5.11 Å². The number of aromatic hydroxyl groups is 1. The van der Waals surface area contributed by atoms with Crippen LogP contribution in [0.15, 0.2) is 94.1 Å². The van der Waals surface area contributed by atoms with Crippen LogP contribution < -0.4 is 5.63 Å². The van der Waals surface area contributed by atoms with Crippen molar-refractivity contribution in [3.63, 3.8) is 0 Å². The van der Waals surface area contributed by atoms with E-state index in [0.29, 0.717) is 16.5 Å². The van der Waals surface area contributed by atoms with Crippen molar-refractivity contribution < 1.29 is 9.52 Å². The summed E-state index contributed by atoms with van der Waals surface area (Å²) >= 11 is 0. The Morgan fingerprint density at radius 1 is 0.808 bits per heavy atom. The smallest absolute Gasteiger partial charge is 0.348 e. The van der Waals surface area contributed by atoms with Crippen LogP contribution in [0.1, 0.15) is 16.7 Å². The molecule has 0 unspecified atom stereocenters. The Labute approximate surface area is 150 Å². The fraction of sp³-hybridized carbons (Fsp3) is 0. The van der Waals surface area contributed by atoms with Crippen molar-refractivity contribution in [2.75, 3.05) is 0 Å². The molecule has 0 aliphatic heterocycles. The number of hydrogen-bond acceptors (Lipinski definition) is 3. The van der Waals surface area contributed by atoms with Crippen LogP contribution in [0.3, 0.4) is 0 Å². The topological polar surface area (TPSA) is 50.4 Å². The monoisotopic (exact) mass is 340 g/mol. The van der Waals surface area contributed by atoms with Gasteiger partial charge in [-0.1, -0.05) is 72.8 Å². The highest BCUT2D eigenvalue weighted by atomic mass is 16.4. The van der Waals surface area contributed by atoms with Crippen LogP contribution in [0.2, 0.25) is 0 Å². The zero-order chi connectivity index (χ0) is 17.9. The Balaban J connectivity index is 2.03. The first-order chi connectivity index (χ1) is 12.7. The zero-order valence-electron chi connectivity index (χ0n) is 13.9. The third kappa shape index (κ3) is 2.91. The zero-order valence-corrected chi connectivity index (χ0v) is 13.9. The molecule has 1 N–H and O–H groups in total. The largest absolute Gasteiger partial charge is 0.506 e. The number of para-hydroxylation sites is 1. The van der Waals surface area contributed by atoms with Gasteiger partial charge in [-0.05, 0) is 29.3 Å². The van der Waals surface area contributed by atoms with Gasteiger partial charge >= 0.3 is 5.63 Å². The Bertz CT molecular complexity index is 1140. The summed E-state index contributed by atoms with van der Waals surface area (Å²) in [5, 5.41) is 11.4. The quantitative estimate of drug-likeness (QED) is 0.417. The predicted molar refractivity (Wildman–Crippen MR) is 104 cm³/mol. The Kier molecular flexibility index (Phi) is 4.12. The fourth-order valence-corrected chi connectivity index (χ4v) is 3.00. The summed E-state index contributed by atoms with van der Waals surface area (Å²) in [5.41, 5.74) is 2.35. The molecule has 3 heteroatoms. The van der Waals surface area contributed by atoms with Gasteiger partial charge in [-0.25, -0.2) is 4.79 Å². The minimum Gasteiger partial charge on any atom is -0.506 e. The second-order valence-electron chi connectivity index (χ2n) is 5.94. The highest BCUT2D eigenvalue weighted by molar-refractivity contribution is 5.97. The van der Waals surface area contributed by atoms with Gasteiger partial charge in [-0.3, -0.25) is 0 Å². The third-order valence-electron chi connectivity index (χ3n) is 4.25. The summed E-state index contributed by atoms with van der Waals surface area (Å²) < 4.78 is 5.46. The van der Waals surface area contributed by atoms with Crippen molar-refractivity contribution in [2.45, 2.75) is 0 Å². The van der Waals surface area contributed by atoms with Gasteiger partial charge < -0.3 is 9.52 Å². The van der Waals surface area contributed by atoms with Crippen molar-refractivity contribution in [2.24, 2.45) is 0 Å². The van der Waals surface area contributed by atoms with Crippen molar-refractivity contribution >= 4 is 22.6 Å². The third-order valence-corrected chi connectivity index (χ3v) is 4.25. The molecule has 0 saturated carbocycles. The molecular formula is C23H16O3. The first-order valence-corrected chi connectivity index (χ1v) is 8.31. The summed E-state index contributed by atoms with van der Waals surface area (Å²) in [6.07, 6.45) is 1.88. The van der Waals surface area contributed by atoms with Gasteiger partial charge in [0.05, 0.1) is 5.39 Å². The van der Waals surface area contributed by atoms with E-state index in [2.05, 4.69) is 0 Å². The highest BCUT2D eigenvalue weighted by Gasteiger charge is 2.19. The normalized spacial score (nSPS) is 11.6. The van der Waals surface area contributed by atoms with Crippen LogP contribution in [0.4, 0.5) is 0 Å². The minimum atomic E-state index is -0.563. The number of rotatable bonds is 3. The molecule has 4 aromatic rings. The summed E-state index contributed by atoms with van der Waals surface area (Å²) in [4.78, 5) is 12.7. The molecule has 126 valence electrons. The van der Waals surface area contributed by atoms with Crippen molar-refractivity contribution in [3.8, 4) is 5.75 Å². The molecule has 0 aliphatic rings. The van der Waals surface area contributed by atoms with Gasteiger partial charge in [0, 0.05) is 5.57 Å². The molecule has 0 fully saturated rings. The van der Waals surface area contributed by atoms with Crippen LogP contribution in [0.5, 0.6) is 5.75 Å². The molecule has 0 bridgehead atoms. The maximum absolute atomic E-state index is 12.7. The summed E-state index contributed by atoms with van der Waals surface area (Å²) in [7, 11) is 0. The minimum absolute atomic E-state index is 0.0668. The summed E-state index contributed by atoms with van der Waals surface area (Å²) in [5.74, 6) is -0.0668. The maximum atomic E-state index is 12.7. The summed E-state index contributed by atoms with van der Waals surface area (Å²) in [6, 6.07) is 26.2. The molecule has 3 aromatic carbocycles. The molecule has 1 heterocycles. The van der Waals surface area contributed by atoms with Gasteiger partial charge in [0.25, 0.3) is 0 Å². The lowest BCUT2D eigenvalue weighted by Crippen LogP contribution is -2.08. The number of hydrogen-bond donors (Lipinski definition) is 1. The van der Waals surface area contributed by atoms with Crippen LogP contribution in [0, 0.1) is 0 Å². The lowest BCUT2D eigenvalue weighted by atomic mass is 9.95. The average molecular weight is 340 g/mol. The highest BCUT2D eigenvalue weighted by Crippen LogP contribution is 2.34. The van der Waals surface area contributed by atoms with Gasteiger partial charge in [-0.2, -0.15) is 0 Å². The number of benzene rings is 3. The van der Waals surface area contributed by atoms with Crippen molar-refractivity contribution in [1.29, 1.82) is 0 Å². The van der Waals surface area contributed by atoms with Crippen molar-refractivity contribution in [3.05, 3.63) is 112 Å². The fourth-order valence-electron chi connectivity index (χ4n) is 3.00. The van der Waals surface area contributed by atoms with E-state index in [9.17, 15) is 9.90 Å². The Morgan fingerprint density at radius 2 is 1.42 bits per heavy atom. The molecule has 0 atom stereocenters. The lowest BCUT2D eigenvalue weighted by molar-refractivity contribution is 0.465. The Hall–Kier alpha value is -3.59. The molecule has 4 rings (SSSR count). The molecule has 0 amide bonds. The van der Waals surface area contributed by atoms with E-state index in [0.717, 1.165) is 11.1 Å². The van der Waals surface area contributed by atoms with Crippen LogP contribution in [-0.2, 0) is 0 Å². The van der Waals surface area contributed by atoms with E-state index < -0.39 is 5.63 Å². The van der Waals surface area contributed by atoms with Crippen LogP contribution >= 0.6 is 0 Å². The van der Waals surface area contributed by atoms with E-state index in [-0.39, 0.29) is 11.3 Å². The van der Waals surface area contributed by atoms with Gasteiger partial charge in [0.15, 0.2) is 0 Å². The molecule has 26 heavy (non-hydrogen) atoms. The molecule has 0 saturated heterocycles. The molecule has 0 radical (unpaired) electrons. The SMILES string of the molecule is O=c1oc2ccccc2c(O)c1C(=Cc1ccccc1)c1ccccc1. The average Bonchev–Trinajstić information content (AvgIpc) is 2.69. The van der Waals surface area contributed by atoms with E-state index in [1.807, 2.05) is 66.7 Å². The second-order valence-corrected chi connectivity index (χ2v) is 5.94. The van der Waals surface area contributed by atoms with E-state index in [1.165, 1.54) is 0 Å². The summed E-state index contributed by atoms with van der Waals surface area (Å²) in [6.45, 7) is 0. The molecule has 0 spiro atoms. The number of fused-ring (bicyclic) bond motifs is 1. The van der Waals surface area contributed by atoms with Crippen molar-refractivity contribution in [1.82, 2.24) is 0 Å². The van der Waals surface area contributed by atoms with E-state index >= 15 is 0 Å². The first kappa shape index (κ1) is 15.9. The molecule has 1 aromatic heterocycles. The van der Waals surface area contributed by atoms with Gasteiger partial charge in [0.2, 0.25) is 0 Å². The maximum Gasteiger partial charge on any atom is 0.348 e. The standard InChI is InChI=1S/C23H16O3/c24-22-18-13-7-8-14-20(18)26-23(25)21(22)19(17-11-5-2-6-12-17)15-16-9-3-1-4-10-16/h1-15,24H. The van der Waals surface area contributed by atoms with Gasteiger partial charge in [0.1, 0.15) is 16.9 Å². The Morgan fingerprint density at radius 3 is 2.15 bits per heavy atom. The molecular weight excluding hydrogens is 324 g/mol. The lowest BCUT2D eigenvalue weighted by Gasteiger charge is -2.11. The predicted octanol–water partition coefficient (Wildman–Crippen LogP) is 5.09. The molecule has 3 nitrogen and oxygen atoms in total. The van der Waals surface area contributed by atoms with E-state index in [4.69, 9.17) is 4.42 Å². The first-order valence-electron chi connectivity index (χ1n) is 8.31. The second kappa shape index (κ2) is 6.73. The molecule has 0 aliphatic carbocycles. The van der Waals surface area contributed by atoms with E-state index in [1.54, 1.807) is 24.3 Å². The van der Waals surface area contributed by atoms with Crippen LogP contribution in [0.25, 0.3) is 22.6 Å².